The van der Waals surface area contributed by atoms with Crippen molar-refractivity contribution in [3.8, 4) is 40.8 Å². The third-order valence-electron chi connectivity index (χ3n) is 9.05. The van der Waals surface area contributed by atoms with Gasteiger partial charge in [0, 0.05) is 23.9 Å². The van der Waals surface area contributed by atoms with Gasteiger partial charge in [0.2, 0.25) is 0 Å². The molecule has 0 bridgehead atoms. The molecule has 3 atom stereocenters. The lowest BCUT2D eigenvalue weighted by Gasteiger charge is -2.31. The van der Waals surface area contributed by atoms with E-state index in [9.17, 15) is 22.8 Å². The minimum absolute atomic E-state index is 0.00484. The van der Waals surface area contributed by atoms with E-state index in [4.69, 9.17) is 26.8 Å². The Morgan fingerprint density at radius 2 is 2.09 bits per heavy atom. The van der Waals surface area contributed by atoms with Crippen LogP contribution in [0, 0.1) is 34.8 Å². The Morgan fingerprint density at radius 3 is 2.83 bits per heavy atom. The summed E-state index contributed by atoms with van der Waals surface area (Å²) < 4.78 is 86.7. The Hall–Kier alpha value is -4.11. The molecule has 5 heterocycles. The fourth-order valence-corrected chi connectivity index (χ4v) is 8.37. The maximum atomic E-state index is 17.0. The summed E-state index contributed by atoms with van der Waals surface area (Å²) in [6, 6.07) is 3.08. The lowest BCUT2D eigenvalue weighted by atomic mass is 9.95. The van der Waals surface area contributed by atoms with Crippen LogP contribution in [0.5, 0.6) is 11.8 Å². The molecule has 2 saturated heterocycles. The molecule has 2 aromatic heterocycles. The Morgan fingerprint density at radius 1 is 1.28 bits per heavy atom. The summed E-state index contributed by atoms with van der Waals surface area (Å²) in [6.45, 7) is 1.44. The van der Waals surface area contributed by atoms with Crippen LogP contribution in [0.1, 0.15) is 31.7 Å². The van der Waals surface area contributed by atoms with Crippen LogP contribution >= 0.6 is 22.9 Å². The molecule has 0 amide bonds. The first-order valence-corrected chi connectivity index (χ1v) is 16.0. The summed E-state index contributed by atoms with van der Waals surface area (Å²) in [7, 11) is 0. The van der Waals surface area contributed by atoms with E-state index in [-0.39, 0.29) is 91.5 Å². The number of nitrogen functional groups attached to an aromatic ring is 1. The number of hydrogen-bond acceptors (Lipinski definition) is 9. The number of fused-ring (bicyclic) bond motifs is 2. The van der Waals surface area contributed by atoms with Crippen LogP contribution in [-0.2, 0) is 0 Å². The van der Waals surface area contributed by atoms with Crippen LogP contribution in [-0.4, -0.2) is 71.9 Å². The minimum Gasteiger partial charge on any atom is -0.488 e. The summed E-state index contributed by atoms with van der Waals surface area (Å²) in [6.07, 6.45) is -2.09. The van der Waals surface area contributed by atoms with Gasteiger partial charge in [-0.15, -0.1) is 17.3 Å². The van der Waals surface area contributed by atoms with Gasteiger partial charge in [0.1, 0.15) is 53.6 Å². The van der Waals surface area contributed by atoms with Gasteiger partial charge in [-0.1, -0.05) is 23.6 Å². The highest BCUT2D eigenvalue weighted by atomic mass is 35.5. The molecule has 0 spiro atoms. The second-order valence-corrected chi connectivity index (χ2v) is 13.2. The average molecular weight is 689 g/mol. The molecule has 244 valence electrons. The standard InChI is InChI=1S/C32H26ClF5N6O2S/c1-2-4-16-13-45-27-23-26(25(38)22(24(27)33)17-5-6-19(35)28-21(17)18(10-39)29(40)47-28)41-31(42-30(23)44(16)12-20(36)37)46-14-32-7-3-8-43(32)11-15(34)9-32/h5-6,15-16,20H,3,7-9,11-14,40H2,1H3/t15-,16+,32+/m1/s1. The van der Waals surface area contributed by atoms with E-state index in [1.807, 2.05) is 11.0 Å². The zero-order valence-electron chi connectivity index (χ0n) is 24.8. The predicted molar refractivity (Wildman–Crippen MR) is 169 cm³/mol. The molecule has 2 N–H and O–H groups in total. The number of hydrogen-bond donors (Lipinski definition) is 1. The smallest absolute Gasteiger partial charge is 0.319 e. The van der Waals surface area contributed by atoms with E-state index in [0.29, 0.717) is 13.0 Å². The number of anilines is 2. The first-order valence-electron chi connectivity index (χ1n) is 14.8. The SMILES string of the molecule is CC#C[C@H]1COc2c(Cl)c(-c3ccc(F)c4sc(N)c(C#N)c34)c(F)c3nc(OC[C@@]45CCCN4C[C@H](F)C5)nc(c23)N1CC(F)F. The van der Waals surface area contributed by atoms with Gasteiger partial charge in [-0.2, -0.15) is 15.2 Å². The van der Waals surface area contributed by atoms with E-state index < -0.39 is 42.4 Å². The van der Waals surface area contributed by atoms with Gasteiger partial charge >= 0.3 is 6.01 Å². The number of rotatable bonds is 6. The third kappa shape index (κ3) is 5.05. The van der Waals surface area contributed by atoms with Crippen LogP contribution in [0.4, 0.5) is 32.8 Å². The van der Waals surface area contributed by atoms with Crippen LogP contribution in [0.25, 0.3) is 32.1 Å². The normalized spacial score (nSPS) is 22.2. The quantitative estimate of drug-likeness (QED) is 0.176. The number of benzene rings is 2. The van der Waals surface area contributed by atoms with E-state index >= 15 is 4.39 Å². The first kappa shape index (κ1) is 31.5. The number of ether oxygens (including phenoxy) is 2. The number of nitrogens with two attached hydrogens (primary N) is 1. The van der Waals surface area contributed by atoms with Crippen LogP contribution < -0.4 is 20.1 Å². The summed E-state index contributed by atoms with van der Waals surface area (Å²) in [5.41, 5.74) is 4.80. The maximum absolute atomic E-state index is 17.0. The predicted octanol–water partition coefficient (Wildman–Crippen LogP) is 6.71. The van der Waals surface area contributed by atoms with Gasteiger partial charge in [0.25, 0.3) is 6.43 Å². The molecule has 15 heteroatoms. The molecule has 3 aliphatic rings. The summed E-state index contributed by atoms with van der Waals surface area (Å²) in [5, 5.41) is 9.61. The second kappa shape index (κ2) is 11.8. The van der Waals surface area contributed by atoms with Crippen molar-refractivity contribution in [1.82, 2.24) is 14.9 Å². The Labute approximate surface area is 274 Å². The summed E-state index contributed by atoms with van der Waals surface area (Å²) in [5.74, 6) is 3.68. The third-order valence-corrected chi connectivity index (χ3v) is 10.4. The highest BCUT2D eigenvalue weighted by molar-refractivity contribution is 7.23. The molecule has 2 fully saturated rings. The lowest BCUT2D eigenvalue weighted by Crippen LogP contribution is -2.43. The van der Waals surface area contributed by atoms with Gasteiger partial charge in [0.05, 0.1) is 32.8 Å². The van der Waals surface area contributed by atoms with Gasteiger partial charge in [0.15, 0.2) is 11.6 Å². The highest BCUT2D eigenvalue weighted by Crippen LogP contribution is 2.51. The monoisotopic (exact) mass is 688 g/mol. The zero-order chi connectivity index (χ0) is 33.2. The van der Waals surface area contributed by atoms with E-state index in [1.165, 1.54) is 11.0 Å². The lowest BCUT2D eigenvalue weighted by molar-refractivity contribution is 0.107. The van der Waals surface area contributed by atoms with Crippen LogP contribution in [0.2, 0.25) is 5.02 Å². The van der Waals surface area contributed by atoms with Crippen molar-refractivity contribution in [3.05, 3.63) is 34.4 Å². The largest absolute Gasteiger partial charge is 0.488 e. The molecule has 0 radical (unpaired) electrons. The number of nitriles is 1. The van der Waals surface area contributed by atoms with E-state index in [1.54, 1.807) is 6.92 Å². The minimum atomic E-state index is -2.83. The molecule has 3 aliphatic heterocycles. The van der Waals surface area contributed by atoms with Gasteiger partial charge < -0.3 is 20.1 Å². The topological polar surface area (TPSA) is 101 Å². The van der Waals surface area contributed by atoms with E-state index in [0.717, 1.165) is 23.8 Å². The highest BCUT2D eigenvalue weighted by Gasteiger charge is 2.49. The number of aromatic nitrogens is 2. The van der Waals surface area contributed by atoms with Crippen molar-refractivity contribution in [2.24, 2.45) is 0 Å². The Balaban J connectivity index is 1.48. The average Bonchev–Trinajstić information content (AvgIpc) is 3.65. The molecule has 0 saturated carbocycles. The number of thiophene rings is 1. The van der Waals surface area contributed by atoms with Crippen molar-refractivity contribution in [3.63, 3.8) is 0 Å². The van der Waals surface area contributed by atoms with Crippen molar-refractivity contribution >= 4 is 54.7 Å². The fraction of sp³-hybridized carbons (Fsp3) is 0.406. The van der Waals surface area contributed by atoms with E-state index in [2.05, 4.69) is 21.8 Å². The number of nitrogens with zero attached hydrogens (tertiary/aromatic N) is 5. The molecule has 4 aromatic rings. The molecule has 8 nitrogen and oxygen atoms in total. The molecular weight excluding hydrogens is 663 g/mol. The van der Waals surface area contributed by atoms with Crippen LogP contribution in [0.3, 0.4) is 0 Å². The molecule has 0 unspecified atom stereocenters. The molecule has 2 aromatic carbocycles. The van der Waals surface area contributed by atoms with Crippen molar-refractivity contribution in [1.29, 1.82) is 5.26 Å². The zero-order valence-corrected chi connectivity index (χ0v) is 26.4. The van der Waals surface area contributed by atoms with Gasteiger partial charge in [-0.05, 0) is 37.9 Å². The molecule has 7 rings (SSSR count). The Kier molecular flexibility index (Phi) is 7.94. The Bertz CT molecular complexity index is 2040. The van der Waals surface area contributed by atoms with Crippen molar-refractivity contribution in [2.45, 2.75) is 50.4 Å². The molecule has 0 aliphatic carbocycles. The fourth-order valence-electron chi connectivity index (χ4n) is 7.08. The first-order chi connectivity index (χ1) is 22.6. The second-order valence-electron chi connectivity index (χ2n) is 11.8. The molecule has 47 heavy (non-hydrogen) atoms. The maximum Gasteiger partial charge on any atom is 0.319 e. The van der Waals surface area contributed by atoms with Crippen molar-refractivity contribution < 1.29 is 31.4 Å². The number of halogens is 6. The van der Waals surface area contributed by atoms with Gasteiger partial charge in [-0.25, -0.2) is 22.0 Å². The number of alkyl halides is 3. The van der Waals surface area contributed by atoms with Crippen molar-refractivity contribution in [2.75, 3.05) is 43.5 Å². The summed E-state index contributed by atoms with van der Waals surface area (Å²) in [4.78, 5) is 12.1. The molecular formula is C32H26ClF5N6O2S. The van der Waals surface area contributed by atoms with Crippen LogP contribution in [0.15, 0.2) is 12.1 Å². The van der Waals surface area contributed by atoms with Gasteiger partial charge in [-0.3, -0.25) is 4.90 Å². The summed E-state index contributed by atoms with van der Waals surface area (Å²) >= 11 is 7.72.